The second kappa shape index (κ2) is 8.60. The molecule has 0 fully saturated rings. The Kier molecular flexibility index (Phi) is 6.50. The van der Waals surface area contributed by atoms with Crippen molar-refractivity contribution in [2.75, 3.05) is 21.3 Å². The van der Waals surface area contributed by atoms with Crippen molar-refractivity contribution >= 4 is 35.4 Å². The highest BCUT2D eigenvalue weighted by Gasteiger charge is 2.13. The van der Waals surface area contributed by atoms with E-state index in [1.165, 1.54) is 45.7 Å². The lowest BCUT2D eigenvalue weighted by Crippen LogP contribution is -2.01. The molecular formula is C17H15Cl2NO5. The fraction of sp³-hybridized carbons (Fsp3) is 0.176. The van der Waals surface area contributed by atoms with Crippen LogP contribution in [-0.2, 0) is 4.84 Å². The van der Waals surface area contributed by atoms with Gasteiger partial charge in [0.2, 0.25) is 5.75 Å². The van der Waals surface area contributed by atoms with E-state index in [-0.39, 0.29) is 10.6 Å². The molecule has 0 aliphatic rings. The van der Waals surface area contributed by atoms with Gasteiger partial charge in [0.15, 0.2) is 11.5 Å². The van der Waals surface area contributed by atoms with E-state index < -0.39 is 5.97 Å². The van der Waals surface area contributed by atoms with Crippen molar-refractivity contribution in [1.82, 2.24) is 0 Å². The summed E-state index contributed by atoms with van der Waals surface area (Å²) < 4.78 is 15.7. The molecule has 0 amide bonds. The average molecular weight is 384 g/mol. The van der Waals surface area contributed by atoms with Gasteiger partial charge in [-0.3, -0.25) is 0 Å². The topological polar surface area (TPSA) is 66.4 Å². The van der Waals surface area contributed by atoms with E-state index in [9.17, 15) is 4.79 Å². The molecular weight excluding hydrogens is 369 g/mol. The van der Waals surface area contributed by atoms with Gasteiger partial charge in [0.1, 0.15) is 0 Å². The lowest BCUT2D eigenvalue weighted by atomic mass is 10.2. The molecule has 0 heterocycles. The number of rotatable bonds is 6. The van der Waals surface area contributed by atoms with Gasteiger partial charge in [-0.2, -0.15) is 0 Å². The smallest absolute Gasteiger partial charge is 0.365 e. The number of hydrogen-bond acceptors (Lipinski definition) is 6. The van der Waals surface area contributed by atoms with Crippen LogP contribution >= 0.6 is 23.2 Å². The predicted octanol–water partition coefficient (Wildman–Crippen LogP) is 4.21. The molecule has 132 valence electrons. The van der Waals surface area contributed by atoms with E-state index in [0.29, 0.717) is 27.8 Å². The van der Waals surface area contributed by atoms with Crippen molar-refractivity contribution in [2.45, 2.75) is 0 Å². The van der Waals surface area contributed by atoms with Gasteiger partial charge in [-0.15, -0.1) is 0 Å². The molecule has 0 N–H and O–H groups in total. The highest BCUT2D eigenvalue weighted by molar-refractivity contribution is 6.42. The summed E-state index contributed by atoms with van der Waals surface area (Å²) in [6, 6.07) is 7.73. The maximum Gasteiger partial charge on any atom is 0.365 e. The lowest BCUT2D eigenvalue weighted by Gasteiger charge is -2.12. The second-order valence-electron chi connectivity index (χ2n) is 4.70. The monoisotopic (exact) mass is 383 g/mol. The van der Waals surface area contributed by atoms with Crippen LogP contribution in [0.2, 0.25) is 10.0 Å². The third-order valence-corrected chi connectivity index (χ3v) is 3.92. The fourth-order valence-electron chi connectivity index (χ4n) is 1.99. The minimum absolute atomic E-state index is 0.233. The zero-order valence-corrected chi connectivity index (χ0v) is 15.2. The van der Waals surface area contributed by atoms with Crippen molar-refractivity contribution in [3.8, 4) is 17.2 Å². The first-order valence-electron chi connectivity index (χ1n) is 7.00. The standard InChI is InChI=1S/C17H15Cl2NO5/c1-22-14-6-10(7-15(23-2)16(14)24-3)9-20-25-17(21)11-4-5-12(18)13(19)8-11/h4-9H,1-3H3/b20-9-. The van der Waals surface area contributed by atoms with Crippen LogP contribution in [0.4, 0.5) is 0 Å². The van der Waals surface area contributed by atoms with Crippen molar-refractivity contribution < 1.29 is 23.8 Å². The molecule has 0 aromatic heterocycles. The maximum absolute atomic E-state index is 11.9. The van der Waals surface area contributed by atoms with Gasteiger partial charge in [-0.1, -0.05) is 28.4 Å². The van der Waals surface area contributed by atoms with Crippen LogP contribution in [-0.4, -0.2) is 33.5 Å². The molecule has 0 aliphatic carbocycles. The van der Waals surface area contributed by atoms with Crippen LogP contribution in [0.15, 0.2) is 35.5 Å². The Bertz CT molecular complexity index is 783. The Balaban J connectivity index is 2.16. The first-order valence-corrected chi connectivity index (χ1v) is 7.75. The second-order valence-corrected chi connectivity index (χ2v) is 5.52. The Morgan fingerprint density at radius 3 is 2.12 bits per heavy atom. The number of halogens is 2. The molecule has 2 aromatic carbocycles. The van der Waals surface area contributed by atoms with Crippen LogP contribution in [0.1, 0.15) is 15.9 Å². The predicted molar refractivity (Wildman–Crippen MR) is 95.6 cm³/mol. The van der Waals surface area contributed by atoms with E-state index >= 15 is 0 Å². The summed E-state index contributed by atoms with van der Waals surface area (Å²) >= 11 is 11.7. The van der Waals surface area contributed by atoms with Crippen LogP contribution < -0.4 is 14.2 Å². The third-order valence-electron chi connectivity index (χ3n) is 3.18. The summed E-state index contributed by atoms with van der Waals surface area (Å²) in [5, 5.41) is 4.27. The van der Waals surface area contributed by atoms with E-state index in [2.05, 4.69) is 5.16 Å². The number of oxime groups is 1. The first kappa shape index (κ1) is 18.9. The summed E-state index contributed by atoms with van der Waals surface area (Å²) in [6.45, 7) is 0. The minimum Gasteiger partial charge on any atom is -0.493 e. The van der Waals surface area contributed by atoms with Gasteiger partial charge in [0, 0.05) is 5.56 Å². The van der Waals surface area contributed by atoms with E-state index in [1.807, 2.05) is 0 Å². The van der Waals surface area contributed by atoms with E-state index in [4.69, 9.17) is 42.3 Å². The molecule has 25 heavy (non-hydrogen) atoms. The number of hydrogen-bond donors (Lipinski definition) is 0. The van der Waals surface area contributed by atoms with Gasteiger partial charge in [0.05, 0.1) is 43.2 Å². The van der Waals surface area contributed by atoms with Crippen LogP contribution in [0.25, 0.3) is 0 Å². The molecule has 0 bridgehead atoms. The first-order chi connectivity index (χ1) is 12.0. The third kappa shape index (κ3) is 4.55. The molecule has 8 heteroatoms. The molecule has 0 saturated carbocycles. The molecule has 6 nitrogen and oxygen atoms in total. The highest BCUT2D eigenvalue weighted by Crippen LogP contribution is 2.37. The van der Waals surface area contributed by atoms with Crippen molar-refractivity contribution in [1.29, 1.82) is 0 Å². The summed E-state index contributed by atoms with van der Waals surface area (Å²) in [5.74, 6) is 0.704. The lowest BCUT2D eigenvalue weighted by molar-refractivity contribution is 0.0519. The normalized spacial score (nSPS) is 10.6. The molecule has 0 aliphatic heterocycles. The molecule has 0 atom stereocenters. The van der Waals surface area contributed by atoms with Gasteiger partial charge >= 0.3 is 5.97 Å². The van der Waals surface area contributed by atoms with Crippen LogP contribution in [0.3, 0.4) is 0 Å². The zero-order chi connectivity index (χ0) is 18.4. The van der Waals surface area contributed by atoms with Crippen LogP contribution in [0.5, 0.6) is 17.2 Å². The number of ether oxygens (including phenoxy) is 3. The number of carbonyl (C=O) groups excluding carboxylic acids is 1. The average Bonchev–Trinajstić information content (AvgIpc) is 2.62. The zero-order valence-electron chi connectivity index (χ0n) is 13.7. The largest absolute Gasteiger partial charge is 0.493 e. The molecule has 0 saturated heterocycles. The van der Waals surface area contributed by atoms with Crippen LogP contribution in [0, 0.1) is 0 Å². The SMILES string of the molecule is COc1cc(/C=N\OC(=O)c2ccc(Cl)c(Cl)c2)cc(OC)c1OC. The fourth-order valence-corrected chi connectivity index (χ4v) is 2.28. The summed E-state index contributed by atoms with van der Waals surface area (Å²) in [6.07, 6.45) is 1.35. The Morgan fingerprint density at radius 2 is 1.60 bits per heavy atom. The number of benzene rings is 2. The molecule has 2 aromatic rings. The summed E-state index contributed by atoms with van der Waals surface area (Å²) in [5.41, 5.74) is 0.827. The number of carbonyl (C=O) groups is 1. The molecule has 0 unspecified atom stereocenters. The van der Waals surface area contributed by atoms with Crippen molar-refractivity contribution in [3.05, 3.63) is 51.5 Å². The summed E-state index contributed by atoms with van der Waals surface area (Å²) in [7, 11) is 4.51. The van der Waals surface area contributed by atoms with Gasteiger partial charge < -0.3 is 19.0 Å². The molecule has 0 radical (unpaired) electrons. The maximum atomic E-state index is 11.9. The van der Waals surface area contributed by atoms with Gasteiger partial charge in [-0.05, 0) is 30.3 Å². The minimum atomic E-state index is -0.665. The van der Waals surface area contributed by atoms with E-state index in [0.717, 1.165) is 0 Å². The van der Waals surface area contributed by atoms with Gasteiger partial charge in [0.25, 0.3) is 0 Å². The summed E-state index contributed by atoms with van der Waals surface area (Å²) in [4.78, 5) is 16.8. The Morgan fingerprint density at radius 1 is 0.960 bits per heavy atom. The van der Waals surface area contributed by atoms with E-state index in [1.54, 1.807) is 12.1 Å². The Hall–Kier alpha value is -2.44. The quantitative estimate of drug-likeness (QED) is 0.424. The number of methoxy groups -OCH3 is 3. The van der Waals surface area contributed by atoms with Gasteiger partial charge in [-0.25, -0.2) is 4.79 Å². The van der Waals surface area contributed by atoms with Crippen molar-refractivity contribution in [3.63, 3.8) is 0 Å². The Labute approximate surface area is 154 Å². The molecule has 2 rings (SSSR count). The number of nitrogens with zero attached hydrogens (tertiary/aromatic N) is 1. The molecule has 0 spiro atoms. The highest BCUT2D eigenvalue weighted by atomic mass is 35.5. The van der Waals surface area contributed by atoms with Crippen molar-refractivity contribution in [2.24, 2.45) is 5.16 Å².